The summed E-state index contributed by atoms with van der Waals surface area (Å²) < 4.78 is 30.9. The smallest absolute Gasteiger partial charge is 0.407 e. The lowest BCUT2D eigenvalue weighted by molar-refractivity contribution is -0.139. The molecule has 0 unspecified atom stereocenters. The Hall–Kier alpha value is -2.96. The van der Waals surface area contributed by atoms with Crippen LogP contribution in [0.4, 0.5) is 9.59 Å². The molecule has 1 aromatic rings. The zero-order chi connectivity index (χ0) is 33.4. The molecule has 18 heteroatoms. The van der Waals surface area contributed by atoms with Gasteiger partial charge in [-0.3, -0.25) is 0 Å². The lowest BCUT2D eigenvalue weighted by Gasteiger charge is -2.16. The van der Waals surface area contributed by atoms with Gasteiger partial charge >= 0.3 is 36.1 Å². The molecule has 1 aromatic carbocycles. The molecule has 14 nitrogen and oxygen atoms in total. The largest absolute Gasteiger partial charge is 0.460 e. The maximum Gasteiger partial charge on any atom is 0.407 e. The number of alkyl carbamates (subject to hydrolysis) is 2. The van der Waals surface area contributed by atoms with Crippen LogP contribution in [0.5, 0.6) is 0 Å². The number of amides is 2. The van der Waals surface area contributed by atoms with E-state index in [1.807, 2.05) is 0 Å². The van der Waals surface area contributed by atoms with E-state index in [1.54, 1.807) is 0 Å². The number of hydrogen-bond donors (Lipinski definition) is 2. The van der Waals surface area contributed by atoms with Crippen molar-refractivity contribution in [3.05, 3.63) is 53.3 Å². The van der Waals surface area contributed by atoms with Crippen LogP contribution in [0.15, 0.2) is 42.2 Å². The first-order chi connectivity index (χ1) is 20.7. The maximum atomic E-state index is 13.0. The quantitative estimate of drug-likeness (QED) is 0.0583. The van der Waals surface area contributed by atoms with Crippen molar-refractivity contribution in [2.75, 3.05) is 52.7 Å². The molecule has 2 amide bonds. The molecule has 0 aliphatic carbocycles. The van der Waals surface area contributed by atoms with Gasteiger partial charge in [-0.05, 0) is 77.6 Å². The fourth-order valence-corrected chi connectivity index (χ4v) is 5.08. The van der Waals surface area contributed by atoms with Gasteiger partial charge in [-0.2, -0.15) is 0 Å². The molecular weight excluding hydrogens is 852 g/mol. The summed E-state index contributed by atoms with van der Waals surface area (Å²) in [5.41, 5.74) is 0.0241. The van der Waals surface area contributed by atoms with Gasteiger partial charge in [0, 0.05) is 29.0 Å². The summed E-state index contributed by atoms with van der Waals surface area (Å²) in [6.07, 6.45) is -1.68. The standard InChI is InChI=1S/C26H28Br4N2O12/c1-13(2)21(33)39-7-5-31-25(37)43-11-9-41-23(35)15-16(18(28)20(30)19(29)17(15)27)24(36)42-10-12-44-26(38)32-6-8-40-22(34)14(3)4/h1,3,5-12H2,2,4H3,(H,31,37)(H,32,38). The van der Waals surface area contributed by atoms with E-state index < -0.39 is 36.1 Å². The van der Waals surface area contributed by atoms with Crippen molar-refractivity contribution in [3.63, 3.8) is 0 Å². The number of esters is 4. The molecule has 0 aromatic heterocycles. The highest BCUT2D eigenvalue weighted by Gasteiger charge is 2.30. The fourth-order valence-electron chi connectivity index (χ4n) is 2.64. The van der Waals surface area contributed by atoms with Gasteiger partial charge in [-0.1, -0.05) is 13.2 Å². The highest BCUT2D eigenvalue weighted by atomic mass is 79.9. The number of benzene rings is 1. The summed E-state index contributed by atoms with van der Waals surface area (Å²) >= 11 is 13.1. The van der Waals surface area contributed by atoms with Crippen LogP contribution in [-0.2, 0) is 38.0 Å². The summed E-state index contributed by atoms with van der Waals surface area (Å²) in [6, 6.07) is 0. The Bertz CT molecular complexity index is 1210. The molecule has 0 saturated carbocycles. The minimum absolute atomic E-state index is 0.0142. The number of carbonyl (C=O) groups is 6. The van der Waals surface area contributed by atoms with Gasteiger partial charge in [-0.25, -0.2) is 28.8 Å². The summed E-state index contributed by atoms with van der Waals surface area (Å²) in [5.74, 6) is -3.09. The second-order valence-electron chi connectivity index (χ2n) is 8.24. The Morgan fingerprint density at radius 2 is 0.841 bits per heavy atom. The molecular formula is C26H28Br4N2O12. The van der Waals surface area contributed by atoms with Crippen LogP contribution in [0.1, 0.15) is 34.6 Å². The van der Waals surface area contributed by atoms with Gasteiger partial charge in [0.1, 0.15) is 39.6 Å². The number of nitrogens with one attached hydrogen (secondary N) is 2. The molecule has 0 saturated heterocycles. The molecule has 0 aliphatic rings. The number of hydrogen-bond acceptors (Lipinski definition) is 12. The van der Waals surface area contributed by atoms with E-state index in [0.29, 0.717) is 8.95 Å². The highest BCUT2D eigenvalue weighted by molar-refractivity contribution is 9.15. The molecule has 242 valence electrons. The number of ether oxygens (including phenoxy) is 6. The Morgan fingerprint density at radius 3 is 1.16 bits per heavy atom. The van der Waals surface area contributed by atoms with Crippen molar-refractivity contribution >= 4 is 99.8 Å². The van der Waals surface area contributed by atoms with Crippen molar-refractivity contribution in [1.29, 1.82) is 0 Å². The molecule has 0 fully saturated rings. The van der Waals surface area contributed by atoms with Gasteiger partial charge in [0.05, 0.1) is 24.2 Å². The van der Waals surface area contributed by atoms with Crippen molar-refractivity contribution in [1.82, 2.24) is 10.6 Å². The van der Waals surface area contributed by atoms with E-state index in [1.165, 1.54) is 13.8 Å². The topological polar surface area (TPSA) is 182 Å². The minimum Gasteiger partial charge on any atom is -0.460 e. The van der Waals surface area contributed by atoms with Gasteiger partial charge in [0.15, 0.2) is 0 Å². The van der Waals surface area contributed by atoms with Crippen LogP contribution in [0.25, 0.3) is 0 Å². The average Bonchev–Trinajstić information content (AvgIpc) is 2.97. The highest BCUT2D eigenvalue weighted by Crippen LogP contribution is 2.42. The summed E-state index contributed by atoms with van der Waals surface area (Å²) in [6.45, 7) is 8.25. The van der Waals surface area contributed by atoms with Crippen LogP contribution < -0.4 is 10.6 Å². The van der Waals surface area contributed by atoms with Crippen molar-refractivity contribution in [3.8, 4) is 0 Å². The number of carbonyl (C=O) groups excluding carboxylic acids is 6. The van der Waals surface area contributed by atoms with Gasteiger partial charge in [0.2, 0.25) is 0 Å². The lowest BCUT2D eigenvalue weighted by atomic mass is 10.1. The van der Waals surface area contributed by atoms with Crippen LogP contribution in [0, 0.1) is 0 Å². The zero-order valence-corrected chi connectivity index (χ0v) is 29.8. The third-order valence-corrected chi connectivity index (χ3v) is 9.45. The van der Waals surface area contributed by atoms with Crippen molar-refractivity contribution in [2.45, 2.75) is 13.8 Å². The summed E-state index contributed by atoms with van der Waals surface area (Å²) in [4.78, 5) is 72.1. The zero-order valence-electron chi connectivity index (χ0n) is 23.5. The molecule has 1 rings (SSSR count). The number of rotatable bonds is 16. The third kappa shape index (κ3) is 13.4. The van der Waals surface area contributed by atoms with Crippen LogP contribution in [-0.4, -0.2) is 88.8 Å². The molecule has 0 aliphatic heterocycles. The first-order valence-corrected chi connectivity index (χ1v) is 15.5. The molecule has 0 spiro atoms. The Labute approximate surface area is 286 Å². The van der Waals surface area contributed by atoms with E-state index in [4.69, 9.17) is 28.4 Å². The van der Waals surface area contributed by atoms with E-state index in [0.717, 1.165) is 0 Å². The molecule has 2 N–H and O–H groups in total. The monoisotopic (exact) mass is 876 g/mol. The predicted molar refractivity (Wildman–Crippen MR) is 168 cm³/mol. The van der Waals surface area contributed by atoms with Crippen molar-refractivity contribution in [2.24, 2.45) is 0 Å². The average molecular weight is 880 g/mol. The first-order valence-electron chi connectivity index (χ1n) is 12.4. The second kappa shape index (κ2) is 20.1. The van der Waals surface area contributed by atoms with E-state index >= 15 is 0 Å². The molecule has 0 heterocycles. The van der Waals surface area contributed by atoms with Crippen LogP contribution >= 0.6 is 63.7 Å². The van der Waals surface area contributed by atoms with Crippen molar-refractivity contribution < 1.29 is 57.2 Å². The minimum atomic E-state index is -0.948. The normalized spacial score (nSPS) is 10.1. The third-order valence-electron chi connectivity index (χ3n) is 4.68. The molecule has 44 heavy (non-hydrogen) atoms. The summed E-state index contributed by atoms with van der Waals surface area (Å²) in [7, 11) is 0. The van der Waals surface area contributed by atoms with E-state index in [9.17, 15) is 28.8 Å². The Balaban J connectivity index is 2.65. The lowest BCUT2D eigenvalue weighted by Crippen LogP contribution is -2.30. The summed E-state index contributed by atoms with van der Waals surface area (Å²) in [5, 5.41) is 4.70. The SMILES string of the molecule is C=C(C)C(=O)OCCNC(=O)OCCOC(=O)c1c(Br)c(Br)c(Br)c(Br)c1C(=O)OCCOC(=O)NCCOC(=O)C(=C)C. The van der Waals surface area contributed by atoms with Gasteiger partial charge in [-0.15, -0.1) is 0 Å². The molecule has 0 radical (unpaired) electrons. The number of halogens is 4. The molecule has 0 atom stereocenters. The second-order valence-corrected chi connectivity index (χ2v) is 11.4. The van der Waals surface area contributed by atoms with E-state index in [-0.39, 0.29) is 83.9 Å². The van der Waals surface area contributed by atoms with Gasteiger partial charge in [0.25, 0.3) is 0 Å². The predicted octanol–water partition coefficient (Wildman–Crippen LogP) is 4.74. The Morgan fingerprint density at radius 1 is 0.523 bits per heavy atom. The first kappa shape index (κ1) is 39.1. The van der Waals surface area contributed by atoms with Gasteiger partial charge < -0.3 is 39.1 Å². The maximum absolute atomic E-state index is 13.0. The van der Waals surface area contributed by atoms with Crippen LogP contribution in [0.2, 0.25) is 0 Å². The van der Waals surface area contributed by atoms with Crippen LogP contribution in [0.3, 0.4) is 0 Å². The fraction of sp³-hybridized carbons (Fsp3) is 0.385. The molecule has 0 bridgehead atoms. The Kier molecular flexibility index (Phi) is 17.9. The van der Waals surface area contributed by atoms with E-state index in [2.05, 4.69) is 87.5 Å².